The van der Waals surface area contributed by atoms with Gasteiger partial charge in [-0.3, -0.25) is 9.59 Å². The van der Waals surface area contributed by atoms with E-state index in [1.807, 2.05) is 0 Å². The summed E-state index contributed by atoms with van der Waals surface area (Å²) in [6, 6.07) is 0. The van der Waals surface area contributed by atoms with Crippen LogP contribution in [0.4, 0.5) is 0 Å². The molecule has 0 radical (unpaired) electrons. The van der Waals surface area contributed by atoms with Crippen LogP contribution in [0.25, 0.3) is 0 Å². The Balaban J connectivity index is 2.86. The van der Waals surface area contributed by atoms with Crippen molar-refractivity contribution >= 4 is 20.1 Å². The van der Waals surface area contributed by atoms with E-state index < -0.39 is 14.4 Å². The molecule has 1 rings (SSSR count). The summed E-state index contributed by atoms with van der Waals surface area (Å²) in [6.45, 7) is 12.0. The topological polar surface area (TPSA) is 52.6 Å². The van der Waals surface area contributed by atoms with Gasteiger partial charge in [-0.1, -0.05) is 20.8 Å². The number of hydrogen-bond acceptors (Lipinski definition) is 4. The van der Waals surface area contributed by atoms with Gasteiger partial charge in [-0.25, -0.2) is 0 Å². The van der Waals surface area contributed by atoms with Gasteiger partial charge in [-0.2, -0.15) is 0 Å². The summed E-state index contributed by atoms with van der Waals surface area (Å²) >= 11 is 0. The van der Waals surface area contributed by atoms with E-state index in [-0.39, 0.29) is 29.3 Å². The lowest BCUT2D eigenvalue weighted by Crippen LogP contribution is -2.49. The van der Waals surface area contributed by atoms with E-state index in [0.717, 1.165) is 0 Å². The molecule has 4 nitrogen and oxygen atoms in total. The summed E-state index contributed by atoms with van der Waals surface area (Å²) in [6.07, 6.45) is 2.57. The molecule has 108 valence electrons. The average molecular weight is 284 g/mol. The van der Waals surface area contributed by atoms with Gasteiger partial charge in [0, 0.05) is 13.3 Å². The maximum absolute atomic E-state index is 11.5. The van der Waals surface area contributed by atoms with Crippen molar-refractivity contribution < 1.29 is 18.8 Å². The Morgan fingerprint density at radius 2 is 1.95 bits per heavy atom. The molecule has 0 amide bonds. The van der Waals surface area contributed by atoms with Crippen LogP contribution >= 0.6 is 0 Å². The Morgan fingerprint density at radius 1 is 1.37 bits per heavy atom. The van der Waals surface area contributed by atoms with E-state index in [4.69, 9.17) is 9.16 Å². The summed E-state index contributed by atoms with van der Waals surface area (Å²) < 4.78 is 11.4. The van der Waals surface area contributed by atoms with Crippen LogP contribution in [-0.2, 0) is 18.8 Å². The van der Waals surface area contributed by atoms with Gasteiger partial charge in [-0.15, -0.1) is 0 Å². The number of ketones is 1. The number of allylic oxidation sites excluding steroid dienone is 1. The zero-order valence-electron chi connectivity index (χ0n) is 12.6. The molecular weight excluding hydrogens is 260 g/mol. The Bertz CT molecular complexity index is 393. The van der Waals surface area contributed by atoms with Crippen molar-refractivity contribution in [3.63, 3.8) is 0 Å². The minimum Gasteiger partial charge on any atom is -0.456 e. The summed E-state index contributed by atoms with van der Waals surface area (Å²) in [7, 11) is -1.99. The highest BCUT2D eigenvalue weighted by molar-refractivity contribution is 6.74. The number of carbonyl (C=O) groups excluding carboxylic acids is 2. The molecule has 0 bridgehead atoms. The van der Waals surface area contributed by atoms with Crippen molar-refractivity contribution in [2.75, 3.05) is 0 Å². The Labute approximate surface area is 116 Å². The lowest BCUT2D eigenvalue weighted by Gasteiger charge is -2.41. The standard InChI is InChI=1S/C14H24O4Si/c1-10(15)17-12-8-7-11(16)9-13(12)18-19(5,6)14(2,3)4/h7-8,12-13H,9H2,1-6H3/t12?,13-/m1/s1. The highest BCUT2D eigenvalue weighted by Crippen LogP contribution is 2.38. The molecular formula is C14H24O4Si. The number of rotatable bonds is 3. The maximum Gasteiger partial charge on any atom is 0.303 e. The predicted molar refractivity (Wildman–Crippen MR) is 76.4 cm³/mol. The van der Waals surface area contributed by atoms with Crippen LogP contribution in [0.3, 0.4) is 0 Å². The smallest absolute Gasteiger partial charge is 0.303 e. The molecule has 1 aliphatic rings. The molecule has 0 fully saturated rings. The van der Waals surface area contributed by atoms with Crippen LogP contribution in [0.1, 0.15) is 34.1 Å². The Morgan fingerprint density at radius 3 is 2.42 bits per heavy atom. The Hall–Kier alpha value is -0.943. The van der Waals surface area contributed by atoms with Gasteiger partial charge < -0.3 is 9.16 Å². The minimum absolute atomic E-state index is 0.0205. The van der Waals surface area contributed by atoms with E-state index in [1.54, 1.807) is 6.08 Å². The first kappa shape index (κ1) is 16.1. The quantitative estimate of drug-likeness (QED) is 0.590. The van der Waals surface area contributed by atoms with Crippen LogP contribution in [-0.4, -0.2) is 32.3 Å². The summed E-state index contributed by atoms with van der Waals surface area (Å²) in [5.74, 6) is -0.333. The van der Waals surface area contributed by atoms with Crippen LogP contribution in [0.5, 0.6) is 0 Å². The molecule has 0 aromatic heterocycles. The first-order valence-electron chi connectivity index (χ1n) is 6.59. The van der Waals surface area contributed by atoms with Crippen molar-refractivity contribution in [1.29, 1.82) is 0 Å². The third-order valence-electron chi connectivity index (χ3n) is 3.79. The van der Waals surface area contributed by atoms with Gasteiger partial charge >= 0.3 is 5.97 Å². The fourth-order valence-electron chi connectivity index (χ4n) is 1.68. The molecule has 2 atom stereocenters. The fraction of sp³-hybridized carbons (Fsp3) is 0.714. The van der Waals surface area contributed by atoms with E-state index in [0.29, 0.717) is 0 Å². The first-order valence-corrected chi connectivity index (χ1v) is 9.50. The highest BCUT2D eigenvalue weighted by atomic mass is 28.4. The number of ether oxygens (including phenoxy) is 1. The average Bonchev–Trinajstić information content (AvgIpc) is 2.19. The zero-order chi connectivity index (χ0) is 14.8. The predicted octanol–water partition coefficient (Wildman–Crippen LogP) is 2.84. The zero-order valence-corrected chi connectivity index (χ0v) is 13.6. The molecule has 0 aromatic carbocycles. The number of esters is 1. The molecule has 0 N–H and O–H groups in total. The van der Waals surface area contributed by atoms with Crippen molar-refractivity contribution in [2.45, 2.75) is 64.5 Å². The highest BCUT2D eigenvalue weighted by Gasteiger charge is 2.42. The largest absolute Gasteiger partial charge is 0.456 e. The van der Waals surface area contributed by atoms with Crippen LogP contribution < -0.4 is 0 Å². The number of carbonyl (C=O) groups is 2. The lowest BCUT2D eigenvalue weighted by atomic mass is 10.0. The normalized spacial score (nSPS) is 24.4. The van der Waals surface area contributed by atoms with Crippen molar-refractivity contribution in [3.8, 4) is 0 Å². The summed E-state index contributed by atoms with van der Waals surface area (Å²) in [5, 5.41) is 0.0536. The Kier molecular flexibility index (Phi) is 4.74. The van der Waals surface area contributed by atoms with E-state index >= 15 is 0 Å². The molecule has 0 heterocycles. The molecule has 1 aliphatic carbocycles. The second-order valence-electron chi connectivity index (χ2n) is 6.52. The third-order valence-corrected chi connectivity index (χ3v) is 8.30. The summed E-state index contributed by atoms with van der Waals surface area (Å²) in [5.41, 5.74) is 0. The first-order chi connectivity index (χ1) is 8.53. The van der Waals surface area contributed by atoms with Gasteiger partial charge in [-0.05, 0) is 30.3 Å². The van der Waals surface area contributed by atoms with Crippen molar-refractivity contribution in [2.24, 2.45) is 0 Å². The van der Waals surface area contributed by atoms with Crippen LogP contribution in [0.15, 0.2) is 12.2 Å². The van der Waals surface area contributed by atoms with E-state index in [9.17, 15) is 9.59 Å². The molecule has 0 spiro atoms. The van der Waals surface area contributed by atoms with E-state index in [1.165, 1.54) is 13.0 Å². The molecule has 0 aliphatic heterocycles. The van der Waals surface area contributed by atoms with Crippen LogP contribution in [0.2, 0.25) is 18.1 Å². The SMILES string of the molecule is CC(=O)OC1C=CC(=O)C[C@H]1O[Si](C)(C)C(C)(C)C. The van der Waals surface area contributed by atoms with E-state index in [2.05, 4.69) is 33.9 Å². The minimum atomic E-state index is -1.99. The molecule has 0 saturated carbocycles. The van der Waals surface area contributed by atoms with Gasteiger partial charge in [0.05, 0.1) is 6.10 Å². The van der Waals surface area contributed by atoms with Gasteiger partial charge in [0.15, 0.2) is 14.1 Å². The van der Waals surface area contributed by atoms with Gasteiger partial charge in [0.2, 0.25) is 0 Å². The maximum atomic E-state index is 11.5. The van der Waals surface area contributed by atoms with Crippen molar-refractivity contribution in [1.82, 2.24) is 0 Å². The monoisotopic (exact) mass is 284 g/mol. The number of hydrogen-bond donors (Lipinski definition) is 0. The molecule has 0 aromatic rings. The van der Waals surface area contributed by atoms with Crippen LogP contribution in [0, 0.1) is 0 Å². The second kappa shape index (κ2) is 5.59. The second-order valence-corrected chi connectivity index (χ2v) is 11.3. The fourth-order valence-corrected chi connectivity index (χ4v) is 3.01. The lowest BCUT2D eigenvalue weighted by molar-refractivity contribution is -0.149. The van der Waals surface area contributed by atoms with Gasteiger partial charge in [0.25, 0.3) is 0 Å². The summed E-state index contributed by atoms with van der Waals surface area (Å²) in [4.78, 5) is 22.7. The molecule has 0 saturated heterocycles. The molecule has 1 unspecified atom stereocenters. The molecule has 19 heavy (non-hydrogen) atoms. The third kappa shape index (κ3) is 4.28. The molecule has 5 heteroatoms. The van der Waals surface area contributed by atoms with Gasteiger partial charge in [0.1, 0.15) is 6.10 Å². The van der Waals surface area contributed by atoms with Crippen molar-refractivity contribution in [3.05, 3.63) is 12.2 Å².